The Labute approximate surface area is 138 Å². The van der Waals surface area contributed by atoms with Gasteiger partial charge < -0.3 is 9.47 Å². The lowest BCUT2D eigenvalue weighted by Gasteiger charge is -2.29. The van der Waals surface area contributed by atoms with Crippen molar-refractivity contribution in [3.63, 3.8) is 0 Å². The van der Waals surface area contributed by atoms with Crippen LogP contribution in [0.1, 0.15) is 45.6 Å². The largest absolute Gasteiger partial charge is 0.460 e. The Kier molecular flexibility index (Phi) is 5.78. The van der Waals surface area contributed by atoms with E-state index in [1.54, 1.807) is 14.0 Å². The predicted octanol–water partition coefficient (Wildman–Crippen LogP) is 4.82. The van der Waals surface area contributed by atoms with Crippen LogP contribution in [0.25, 0.3) is 10.8 Å². The Balaban J connectivity index is 2.33. The van der Waals surface area contributed by atoms with Crippen LogP contribution in [0.3, 0.4) is 0 Å². The molecule has 2 rings (SSSR count). The van der Waals surface area contributed by atoms with Crippen molar-refractivity contribution >= 4 is 16.7 Å². The fraction of sp³-hybridized carbons (Fsp3) is 0.450. The summed E-state index contributed by atoms with van der Waals surface area (Å²) in [6.07, 6.45) is 2.91. The van der Waals surface area contributed by atoms with E-state index in [0.29, 0.717) is 0 Å². The van der Waals surface area contributed by atoms with E-state index in [4.69, 9.17) is 9.47 Å². The topological polar surface area (TPSA) is 35.5 Å². The van der Waals surface area contributed by atoms with Crippen molar-refractivity contribution in [3.05, 3.63) is 48.0 Å². The minimum Gasteiger partial charge on any atom is -0.460 e. The Bertz CT molecular complexity index is 659. The number of rotatable bonds is 7. The molecule has 0 fully saturated rings. The van der Waals surface area contributed by atoms with Crippen molar-refractivity contribution in [1.29, 1.82) is 0 Å². The number of carbonyl (C=O) groups is 1. The molecule has 3 nitrogen and oxygen atoms in total. The molecule has 0 bridgehead atoms. The zero-order valence-corrected chi connectivity index (χ0v) is 14.5. The van der Waals surface area contributed by atoms with Gasteiger partial charge in [0.2, 0.25) is 0 Å². The summed E-state index contributed by atoms with van der Waals surface area (Å²) in [5.74, 6) is -0.333. The molecule has 2 aromatic carbocycles. The highest BCUT2D eigenvalue weighted by atomic mass is 16.6. The lowest BCUT2D eigenvalue weighted by molar-refractivity contribution is -0.173. The van der Waals surface area contributed by atoms with Crippen molar-refractivity contribution in [2.24, 2.45) is 0 Å². The second-order valence-corrected chi connectivity index (χ2v) is 6.12. The summed E-state index contributed by atoms with van der Waals surface area (Å²) in [6.45, 7) is 5.85. The SMILES string of the molecule is CCCC[C@@H](C)OC(=O)[C@@](C)(OC)c1cccc2ccccc12. The van der Waals surface area contributed by atoms with E-state index in [-0.39, 0.29) is 12.1 Å². The van der Waals surface area contributed by atoms with Crippen LogP contribution in [0.5, 0.6) is 0 Å². The molecular weight excluding hydrogens is 288 g/mol. The summed E-state index contributed by atoms with van der Waals surface area (Å²) in [5.41, 5.74) is -0.271. The molecule has 0 aliphatic heterocycles. The third-order valence-corrected chi connectivity index (χ3v) is 4.37. The van der Waals surface area contributed by atoms with Crippen molar-refractivity contribution in [3.8, 4) is 0 Å². The number of hydrogen-bond acceptors (Lipinski definition) is 3. The van der Waals surface area contributed by atoms with E-state index in [1.807, 2.05) is 49.4 Å². The molecule has 0 saturated carbocycles. The first-order valence-corrected chi connectivity index (χ1v) is 8.27. The number of fused-ring (bicyclic) bond motifs is 1. The maximum absolute atomic E-state index is 12.8. The molecule has 0 heterocycles. The summed E-state index contributed by atoms with van der Waals surface area (Å²) in [4.78, 5) is 12.8. The Morgan fingerprint density at radius 1 is 1.17 bits per heavy atom. The molecule has 124 valence electrons. The van der Waals surface area contributed by atoms with Crippen LogP contribution in [-0.2, 0) is 19.9 Å². The first-order valence-electron chi connectivity index (χ1n) is 8.27. The average Bonchev–Trinajstić information content (AvgIpc) is 2.58. The van der Waals surface area contributed by atoms with E-state index in [2.05, 4.69) is 6.92 Å². The lowest BCUT2D eigenvalue weighted by atomic mass is 9.90. The van der Waals surface area contributed by atoms with Crippen LogP contribution in [0.2, 0.25) is 0 Å². The van der Waals surface area contributed by atoms with Crippen LogP contribution >= 0.6 is 0 Å². The molecular formula is C20H26O3. The molecule has 0 spiro atoms. The molecule has 0 radical (unpaired) electrons. The fourth-order valence-electron chi connectivity index (χ4n) is 2.79. The highest BCUT2D eigenvalue weighted by Gasteiger charge is 2.39. The minimum absolute atomic E-state index is 0.105. The van der Waals surface area contributed by atoms with Gasteiger partial charge in [0.15, 0.2) is 5.60 Å². The molecule has 0 unspecified atom stereocenters. The van der Waals surface area contributed by atoms with Gasteiger partial charge >= 0.3 is 5.97 Å². The van der Waals surface area contributed by atoms with Crippen molar-refractivity contribution in [2.45, 2.75) is 51.7 Å². The van der Waals surface area contributed by atoms with Gasteiger partial charge in [-0.1, -0.05) is 62.2 Å². The summed E-state index contributed by atoms with van der Waals surface area (Å²) in [7, 11) is 1.56. The van der Waals surface area contributed by atoms with Gasteiger partial charge in [-0.05, 0) is 31.0 Å². The normalized spacial score (nSPS) is 15.1. The van der Waals surface area contributed by atoms with E-state index >= 15 is 0 Å². The smallest absolute Gasteiger partial charge is 0.343 e. The summed E-state index contributed by atoms with van der Waals surface area (Å²) in [6, 6.07) is 13.9. The third-order valence-electron chi connectivity index (χ3n) is 4.37. The van der Waals surface area contributed by atoms with E-state index in [1.165, 1.54) is 0 Å². The number of ether oxygens (including phenoxy) is 2. The minimum atomic E-state index is -1.11. The Morgan fingerprint density at radius 2 is 1.87 bits per heavy atom. The molecule has 0 aliphatic carbocycles. The predicted molar refractivity (Wildman–Crippen MR) is 93.4 cm³/mol. The zero-order chi connectivity index (χ0) is 16.9. The number of methoxy groups -OCH3 is 1. The van der Waals surface area contributed by atoms with Gasteiger partial charge in [0.1, 0.15) is 0 Å². The molecule has 0 amide bonds. The van der Waals surface area contributed by atoms with Crippen LogP contribution in [0.15, 0.2) is 42.5 Å². The quantitative estimate of drug-likeness (QED) is 0.687. The number of esters is 1. The number of carbonyl (C=O) groups excluding carboxylic acids is 1. The van der Waals surface area contributed by atoms with Gasteiger partial charge in [-0.25, -0.2) is 4.79 Å². The Morgan fingerprint density at radius 3 is 2.57 bits per heavy atom. The first kappa shape index (κ1) is 17.5. The molecule has 0 N–H and O–H groups in total. The highest BCUT2D eigenvalue weighted by molar-refractivity contribution is 5.92. The summed E-state index contributed by atoms with van der Waals surface area (Å²) >= 11 is 0. The van der Waals surface area contributed by atoms with Crippen molar-refractivity contribution in [2.75, 3.05) is 7.11 Å². The number of unbranched alkanes of at least 4 members (excludes halogenated alkanes) is 1. The highest BCUT2D eigenvalue weighted by Crippen LogP contribution is 2.33. The molecule has 2 atom stereocenters. The fourth-order valence-corrected chi connectivity index (χ4v) is 2.79. The van der Waals surface area contributed by atoms with Crippen molar-refractivity contribution < 1.29 is 14.3 Å². The molecule has 2 aromatic rings. The molecule has 0 saturated heterocycles. The van der Waals surface area contributed by atoms with Crippen molar-refractivity contribution in [1.82, 2.24) is 0 Å². The van der Waals surface area contributed by atoms with Gasteiger partial charge in [-0.3, -0.25) is 0 Å². The number of benzene rings is 2. The van der Waals surface area contributed by atoms with Gasteiger partial charge in [0, 0.05) is 12.7 Å². The van der Waals surface area contributed by atoms with E-state index in [0.717, 1.165) is 35.6 Å². The zero-order valence-electron chi connectivity index (χ0n) is 14.5. The monoisotopic (exact) mass is 314 g/mol. The van der Waals surface area contributed by atoms with Crippen LogP contribution in [-0.4, -0.2) is 19.2 Å². The Hall–Kier alpha value is -1.87. The lowest BCUT2D eigenvalue weighted by Crippen LogP contribution is -2.38. The second-order valence-electron chi connectivity index (χ2n) is 6.12. The van der Waals surface area contributed by atoms with Crippen LogP contribution in [0, 0.1) is 0 Å². The molecule has 0 aliphatic rings. The maximum atomic E-state index is 12.8. The first-order chi connectivity index (χ1) is 11.0. The van der Waals surface area contributed by atoms with Crippen LogP contribution < -0.4 is 0 Å². The second kappa shape index (κ2) is 7.60. The summed E-state index contributed by atoms with van der Waals surface area (Å²) in [5, 5.41) is 2.10. The average molecular weight is 314 g/mol. The van der Waals surface area contributed by atoms with Gasteiger partial charge in [-0.15, -0.1) is 0 Å². The molecule has 0 aromatic heterocycles. The number of hydrogen-bond donors (Lipinski definition) is 0. The standard InChI is InChI=1S/C20H26O3/c1-5-6-10-15(2)23-19(21)20(3,22-4)18-14-9-12-16-11-7-8-13-17(16)18/h7-9,11-15H,5-6,10H2,1-4H3/t15-,20+/m1/s1. The third kappa shape index (κ3) is 3.73. The van der Waals surface area contributed by atoms with E-state index in [9.17, 15) is 4.79 Å². The van der Waals surface area contributed by atoms with Crippen LogP contribution in [0.4, 0.5) is 0 Å². The van der Waals surface area contributed by atoms with Gasteiger partial charge in [0.05, 0.1) is 6.10 Å². The molecule has 23 heavy (non-hydrogen) atoms. The maximum Gasteiger partial charge on any atom is 0.343 e. The van der Waals surface area contributed by atoms with Gasteiger partial charge in [-0.2, -0.15) is 0 Å². The van der Waals surface area contributed by atoms with Gasteiger partial charge in [0.25, 0.3) is 0 Å². The van der Waals surface area contributed by atoms with E-state index < -0.39 is 5.60 Å². The molecule has 3 heteroatoms. The summed E-state index contributed by atoms with van der Waals surface area (Å²) < 4.78 is 11.3.